The van der Waals surface area contributed by atoms with E-state index in [1.807, 2.05) is 53.4 Å². The number of rotatable bonds is 2. The van der Waals surface area contributed by atoms with Crippen LogP contribution < -0.4 is 9.47 Å². The van der Waals surface area contributed by atoms with E-state index in [2.05, 4.69) is 4.98 Å². The van der Waals surface area contributed by atoms with E-state index in [1.54, 1.807) is 13.2 Å². The maximum absolute atomic E-state index is 13.0. The van der Waals surface area contributed by atoms with Crippen molar-refractivity contribution in [3.8, 4) is 11.5 Å². The third kappa shape index (κ3) is 3.19. The van der Waals surface area contributed by atoms with Crippen LogP contribution in [0.1, 0.15) is 28.9 Å². The van der Waals surface area contributed by atoms with Gasteiger partial charge in [-0.1, -0.05) is 36.4 Å². The summed E-state index contributed by atoms with van der Waals surface area (Å²) in [5.41, 5.74) is 2.28. The molecule has 6 heteroatoms. The first-order chi connectivity index (χ1) is 14.2. The number of carbonyl (C=O) groups excluding carboxylic acids is 1. The van der Waals surface area contributed by atoms with E-state index in [4.69, 9.17) is 14.2 Å². The van der Waals surface area contributed by atoms with Crippen molar-refractivity contribution in [2.24, 2.45) is 0 Å². The van der Waals surface area contributed by atoms with Crippen LogP contribution in [0.4, 0.5) is 0 Å². The summed E-state index contributed by atoms with van der Waals surface area (Å²) in [5.74, 6) is 0.690. The number of para-hydroxylation sites is 2. The van der Waals surface area contributed by atoms with Gasteiger partial charge in [-0.15, -0.1) is 0 Å². The molecular formula is C23H22N2O4. The normalized spacial score (nSPS) is 17.6. The first-order valence-electron chi connectivity index (χ1n) is 9.81. The molecule has 2 aliphatic heterocycles. The summed E-state index contributed by atoms with van der Waals surface area (Å²) in [6.07, 6.45) is 1.20. The van der Waals surface area contributed by atoms with Crippen LogP contribution in [0, 0.1) is 0 Å². The molecular weight excluding hydrogens is 368 g/mol. The zero-order valence-corrected chi connectivity index (χ0v) is 16.3. The quantitative estimate of drug-likeness (QED) is 0.666. The average molecular weight is 390 g/mol. The number of benzene rings is 2. The van der Waals surface area contributed by atoms with E-state index >= 15 is 0 Å². The highest BCUT2D eigenvalue weighted by atomic mass is 16.7. The first-order valence-corrected chi connectivity index (χ1v) is 9.81. The Labute approximate surface area is 169 Å². The van der Waals surface area contributed by atoms with E-state index < -0.39 is 5.79 Å². The maximum atomic E-state index is 13.0. The Morgan fingerprint density at radius 2 is 1.90 bits per heavy atom. The molecule has 1 amide bonds. The smallest absolute Gasteiger partial charge is 0.272 e. The van der Waals surface area contributed by atoms with E-state index in [0.29, 0.717) is 44.0 Å². The van der Waals surface area contributed by atoms with Crippen molar-refractivity contribution in [3.63, 3.8) is 0 Å². The largest absolute Gasteiger partial charge is 0.493 e. The molecule has 5 rings (SSSR count). The van der Waals surface area contributed by atoms with Crippen LogP contribution in [0.3, 0.4) is 0 Å². The van der Waals surface area contributed by atoms with Gasteiger partial charge in [-0.05, 0) is 18.2 Å². The minimum Gasteiger partial charge on any atom is -0.493 e. The number of nitrogens with zero attached hydrogens (tertiary/aromatic N) is 2. The second-order valence-electron chi connectivity index (χ2n) is 7.43. The van der Waals surface area contributed by atoms with Crippen LogP contribution in [0.15, 0.2) is 54.6 Å². The number of pyridine rings is 1. The maximum Gasteiger partial charge on any atom is 0.272 e. The van der Waals surface area contributed by atoms with Crippen LogP contribution in [0.2, 0.25) is 0 Å². The number of hydrogen-bond donors (Lipinski definition) is 0. The van der Waals surface area contributed by atoms with Crippen LogP contribution in [-0.4, -0.2) is 41.8 Å². The molecule has 2 aromatic carbocycles. The highest BCUT2D eigenvalue weighted by Crippen LogP contribution is 2.42. The van der Waals surface area contributed by atoms with Gasteiger partial charge in [0, 0.05) is 36.9 Å². The minimum atomic E-state index is -0.713. The Hall–Kier alpha value is -3.12. The highest BCUT2D eigenvalue weighted by Gasteiger charge is 2.43. The zero-order valence-electron chi connectivity index (χ0n) is 16.3. The van der Waals surface area contributed by atoms with Crippen molar-refractivity contribution in [2.75, 3.05) is 20.2 Å². The van der Waals surface area contributed by atoms with E-state index in [-0.39, 0.29) is 5.91 Å². The molecule has 0 bridgehead atoms. The number of methoxy groups -OCH3 is 1. The SMILES string of the molecule is COc1cccc2c1OC1(CCN(C(=O)c3ccc4ccccc4n3)CC1)OC2. The zero-order chi connectivity index (χ0) is 19.8. The number of fused-ring (bicyclic) bond motifs is 2. The van der Waals surface area contributed by atoms with Crippen LogP contribution in [0.25, 0.3) is 10.9 Å². The van der Waals surface area contributed by atoms with Crippen molar-refractivity contribution >= 4 is 16.8 Å². The lowest BCUT2D eigenvalue weighted by molar-refractivity contribution is -0.226. The van der Waals surface area contributed by atoms with Crippen molar-refractivity contribution < 1.29 is 19.0 Å². The summed E-state index contributed by atoms with van der Waals surface area (Å²) in [6, 6.07) is 17.3. The predicted octanol–water partition coefficient (Wildman–Crippen LogP) is 3.78. The second kappa shape index (κ2) is 7.04. The number of hydrogen-bond acceptors (Lipinski definition) is 5. The lowest BCUT2D eigenvalue weighted by Gasteiger charge is -2.44. The van der Waals surface area contributed by atoms with E-state index in [0.717, 1.165) is 22.2 Å². The van der Waals surface area contributed by atoms with Gasteiger partial charge in [-0.3, -0.25) is 4.79 Å². The van der Waals surface area contributed by atoms with Gasteiger partial charge in [0.15, 0.2) is 11.5 Å². The first kappa shape index (κ1) is 17.9. The lowest BCUT2D eigenvalue weighted by Crippen LogP contribution is -2.52. The fourth-order valence-corrected chi connectivity index (χ4v) is 4.02. The van der Waals surface area contributed by atoms with Crippen LogP contribution in [-0.2, 0) is 11.3 Å². The standard InChI is InChI=1S/C23H22N2O4/c1-27-20-8-4-6-17-15-28-23(29-21(17)20)11-13-25(14-12-23)22(26)19-10-9-16-5-2-3-7-18(16)24-19/h2-10H,11-15H2,1H3. The number of aromatic nitrogens is 1. The molecule has 1 spiro atoms. The number of likely N-dealkylation sites (tertiary alicyclic amines) is 1. The second-order valence-corrected chi connectivity index (χ2v) is 7.43. The minimum absolute atomic E-state index is 0.0561. The highest BCUT2D eigenvalue weighted by molar-refractivity contribution is 5.95. The Morgan fingerprint density at radius 3 is 2.72 bits per heavy atom. The molecule has 1 fully saturated rings. The Morgan fingerprint density at radius 1 is 1.07 bits per heavy atom. The van der Waals surface area contributed by atoms with Gasteiger partial charge in [-0.2, -0.15) is 0 Å². The molecule has 6 nitrogen and oxygen atoms in total. The van der Waals surface area contributed by atoms with E-state index in [1.165, 1.54) is 0 Å². The van der Waals surface area contributed by atoms with Gasteiger partial charge >= 0.3 is 0 Å². The number of carbonyl (C=O) groups is 1. The lowest BCUT2D eigenvalue weighted by atomic mass is 10.0. The van der Waals surface area contributed by atoms with Crippen LogP contribution >= 0.6 is 0 Å². The summed E-state index contributed by atoms with van der Waals surface area (Å²) in [4.78, 5) is 19.3. The third-order valence-electron chi connectivity index (χ3n) is 5.69. The van der Waals surface area contributed by atoms with Gasteiger partial charge < -0.3 is 19.1 Å². The molecule has 0 radical (unpaired) electrons. The van der Waals surface area contributed by atoms with Gasteiger partial charge in [0.05, 0.1) is 19.2 Å². The molecule has 0 aliphatic carbocycles. The number of ether oxygens (including phenoxy) is 3. The number of piperidine rings is 1. The fraction of sp³-hybridized carbons (Fsp3) is 0.304. The summed E-state index contributed by atoms with van der Waals surface area (Å²) in [7, 11) is 1.64. The van der Waals surface area contributed by atoms with Crippen LogP contribution in [0.5, 0.6) is 11.5 Å². The van der Waals surface area contributed by atoms with Crippen molar-refractivity contribution in [3.05, 3.63) is 65.9 Å². The molecule has 0 N–H and O–H groups in total. The van der Waals surface area contributed by atoms with Crippen molar-refractivity contribution in [1.82, 2.24) is 9.88 Å². The summed E-state index contributed by atoms with van der Waals surface area (Å²) in [6.45, 7) is 1.59. The Balaban J connectivity index is 1.31. The van der Waals surface area contributed by atoms with Gasteiger partial charge in [0.25, 0.3) is 5.91 Å². The fourth-order valence-electron chi connectivity index (χ4n) is 4.02. The third-order valence-corrected chi connectivity index (χ3v) is 5.69. The Bertz CT molecular complexity index is 1060. The predicted molar refractivity (Wildman–Crippen MR) is 108 cm³/mol. The van der Waals surface area contributed by atoms with Crippen molar-refractivity contribution in [2.45, 2.75) is 25.2 Å². The summed E-state index contributed by atoms with van der Waals surface area (Å²) < 4.78 is 17.8. The molecule has 2 aliphatic rings. The molecule has 29 heavy (non-hydrogen) atoms. The molecule has 3 heterocycles. The van der Waals surface area contributed by atoms with Gasteiger partial charge in [0.2, 0.25) is 5.79 Å². The Kier molecular flexibility index (Phi) is 4.36. The molecule has 148 valence electrons. The molecule has 0 atom stereocenters. The van der Waals surface area contributed by atoms with E-state index in [9.17, 15) is 4.79 Å². The molecule has 1 aromatic heterocycles. The topological polar surface area (TPSA) is 60.9 Å². The van der Waals surface area contributed by atoms with Gasteiger partial charge in [0.1, 0.15) is 5.69 Å². The number of amides is 1. The monoisotopic (exact) mass is 390 g/mol. The molecule has 3 aromatic rings. The molecule has 0 unspecified atom stereocenters. The average Bonchev–Trinajstić information content (AvgIpc) is 2.78. The summed E-state index contributed by atoms with van der Waals surface area (Å²) in [5, 5.41) is 1.03. The van der Waals surface area contributed by atoms with Crippen molar-refractivity contribution in [1.29, 1.82) is 0 Å². The molecule has 0 saturated carbocycles. The summed E-state index contributed by atoms with van der Waals surface area (Å²) >= 11 is 0. The van der Waals surface area contributed by atoms with Gasteiger partial charge in [-0.25, -0.2) is 4.98 Å². The molecule has 1 saturated heterocycles.